The van der Waals surface area contributed by atoms with Gasteiger partial charge in [0.1, 0.15) is 17.0 Å². The number of aromatic amines is 1. The van der Waals surface area contributed by atoms with Crippen LogP contribution in [0, 0.1) is 5.82 Å². The van der Waals surface area contributed by atoms with Crippen molar-refractivity contribution in [2.24, 2.45) is 5.73 Å². The van der Waals surface area contributed by atoms with Crippen LogP contribution in [-0.4, -0.2) is 51.7 Å². The first kappa shape index (κ1) is 21.1. The van der Waals surface area contributed by atoms with Crippen LogP contribution in [0.1, 0.15) is 44.3 Å². The summed E-state index contributed by atoms with van der Waals surface area (Å²) in [5, 5.41) is 3.83. The molecule has 0 unspecified atom stereocenters. The van der Waals surface area contributed by atoms with Crippen LogP contribution in [-0.2, 0) is 10.5 Å². The van der Waals surface area contributed by atoms with Crippen LogP contribution in [0.3, 0.4) is 0 Å². The maximum Gasteiger partial charge on any atom is 0.261 e. The number of piperidine rings is 1. The second-order valence-electron chi connectivity index (χ2n) is 8.24. The van der Waals surface area contributed by atoms with Gasteiger partial charge in [-0.2, -0.15) is 11.8 Å². The van der Waals surface area contributed by atoms with E-state index in [4.69, 9.17) is 5.73 Å². The van der Waals surface area contributed by atoms with Gasteiger partial charge in [0, 0.05) is 17.0 Å². The number of anilines is 1. The van der Waals surface area contributed by atoms with Gasteiger partial charge in [-0.15, -0.1) is 0 Å². The maximum absolute atomic E-state index is 14.6. The van der Waals surface area contributed by atoms with Crippen LogP contribution in [0.5, 0.6) is 0 Å². The minimum absolute atomic E-state index is 0.0143. The van der Waals surface area contributed by atoms with Crippen molar-refractivity contribution in [1.29, 1.82) is 0 Å². The number of fused-ring (bicyclic) bond motifs is 1. The lowest BCUT2D eigenvalue weighted by Gasteiger charge is -2.30. The summed E-state index contributed by atoms with van der Waals surface area (Å²) in [6, 6.07) is 3.54. The van der Waals surface area contributed by atoms with Crippen molar-refractivity contribution >= 4 is 34.3 Å². The number of likely N-dealkylation sites (tertiary alicyclic amines) is 1. The largest absolute Gasteiger partial charge is 0.382 e. The molecule has 0 spiro atoms. The second-order valence-corrected chi connectivity index (χ2v) is 9.53. The van der Waals surface area contributed by atoms with E-state index in [0.717, 1.165) is 38.8 Å². The predicted octanol–water partition coefficient (Wildman–Crippen LogP) is 2.60. The number of amides is 1. The second kappa shape index (κ2) is 9.34. The predicted molar refractivity (Wildman–Crippen MR) is 118 cm³/mol. The Morgan fingerprint density at radius 2 is 2.00 bits per heavy atom. The number of hydrogen-bond donors (Lipinski definition) is 3. The maximum atomic E-state index is 14.6. The molecule has 2 fully saturated rings. The molecule has 4 N–H and O–H groups in total. The molecule has 1 aliphatic heterocycles. The number of carbonyl (C=O) groups excluding carboxylic acids is 1. The molecule has 7 nitrogen and oxygen atoms in total. The zero-order valence-electron chi connectivity index (χ0n) is 17.0. The lowest BCUT2D eigenvalue weighted by Crippen LogP contribution is -2.40. The molecule has 1 aliphatic carbocycles. The average molecular weight is 434 g/mol. The highest BCUT2D eigenvalue weighted by Gasteiger charge is 2.21. The summed E-state index contributed by atoms with van der Waals surface area (Å²) >= 11 is 1.74. The van der Waals surface area contributed by atoms with Gasteiger partial charge in [-0.3, -0.25) is 14.5 Å². The lowest BCUT2D eigenvalue weighted by molar-refractivity contribution is -0.119. The summed E-state index contributed by atoms with van der Waals surface area (Å²) < 4.78 is 14.6. The molecule has 0 bridgehead atoms. The van der Waals surface area contributed by atoms with Gasteiger partial charge < -0.3 is 16.0 Å². The number of H-pyrrole nitrogens is 1. The number of thioether (sulfide) groups is 1. The van der Waals surface area contributed by atoms with E-state index in [1.807, 2.05) is 0 Å². The van der Waals surface area contributed by atoms with E-state index >= 15 is 0 Å². The van der Waals surface area contributed by atoms with Gasteiger partial charge in [-0.1, -0.05) is 12.8 Å². The third-order valence-electron chi connectivity index (χ3n) is 5.91. The zero-order valence-corrected chi connectivity index (χ0v) is 17.8. The van der Waals surface area contributed by atoms with Crippen LogP contribution in [0.2, 0.25) is 0 Å². The highest BCUT2D eigenvalue weighted by molar-refractivity contribution is 7.99. The Labute approximate surface area is 179 Å². The van der Waals surface area contributed by atoms with E-state index in [1.165, 1.54) is 18.9 Å². The fraction of sp³-hybridized carbons (Fsp3) is 0.571. The van der Waals surface area contributed by atoms with Gasteiger partial charge in [0.15, 0.2) is 0 Å². The van der Waals surface area contributed by atoms with E-state index in [0.29, 0.717) is 40.6 Å². The Morgan fingerprint density at radius 1 is 1.27 bits per heavy atom. The van der Waals surface area contributed by atoms with Crippen molar-refractivity contribution in [2.75, 3.05) is 25.0 Å². The Balaban J connectivity index is 1.43. The molecule has 30 heavy (non-hydrogen) atoms. The van der Waals surface area contributed by atoms with E-state index in [2.05, 4.69) is 20.2 Å². The summed E-state index contributed by atoms with van der Waals surface area (Å²) in [7, 11) is 0. The van der Waals surface area contributed by atoms with Crippen LogP contribution < -0.4 is 16.6 Å². The number of nitrogens with one attached hydrogen (secondary N) is 2. The number of nitrogens with zero attached hydrogens (tertiary/aromatic N) is 2. The number of hydrogen-bond acceptors (Lipinski definition) is 6. The molecule has 2 aromatic rings. The van der Waals surface area contributed by atoms with Crippen molar-refractivity contribution in [1.82, 2.24) is 14.9 Å². The van der Waals surface area contributed by atoms with Crippen LogP contribution in [0.15, 0.2) is 16.9 Å². The number of nitrogens with two attached hydrogens (primary N) is 1. The average Bonchev–Trinajstić information content (AvgIpc) is 3.19. The van der Waals surface area contributed by atoms with Crippen LogP contribution >= 0.6 is 11.8 Å². The molecule has 1 amide bonds. The lowest BCUT2D eigenvalue weighted by atomic mass is 10.1. The van der Waals surface area contributed by atoms with Crippen molar-refractivity contribution in [3.05, 3.63) is 34.1 Å². The van der Waals surface area contributed by atoms with Gasteiger partial charge >= 0.3 is 0 Å². The molecular formula is C21H28FN5O2S. The van der Waals surface area contributed by atoms with Gasteiger partial charge in [-0.05, 0) is 50.9 Å². The molecule has 1 aromatic carbocycles. The number of benzene rings is 1. The van der Waals surface area contributed by atoms with Crippen LogP contribution in [0.4, 0.5) is 10.1 Å². The van der Waals surface area contributed by atoms with Gasteiger partial charge in [0.25, 0.3) is 5.56 Å². The van der Waals surface area contributed by atoms with E-state index in [-0.39, 0.29) is 11.3 Å². The topological polar surface area (TPSA) is 104 Å². The van der Waals surface area contributed by atoms with E-state index in [1.54, 1.807) is 17.8 Å². The molecule has 1 saturated heterocycles. The Morgan fingerprint density at radius 3 is 2.70 bits per heavy atom. The summed E-state index contributed by atoms with van der Waals surface area (Å²) in [4.78, 5) is 32.9. The van der Waals surface area contributed by atoms with Gasteiger partial charge in [0.05, 0.1) is 17.8 Å². The zero-order chi connectivity index (χ0) is 21.1. The monoisotopic (exact) mass is 433 g/mol. The highest BCUT2D eigenvalue weighted by Crippen LogP contribution is 2.27. The van der Waals surface area contributed by atoms with Crippen molar-refractivity contribution in [2.45, 2.75) is 55.6 Å². The molecular weight excluding hydrogens is 405 g/mol. The number of primary amides is 1. The Hall–Kier alpha value is -2.13. The third kappa shape index (κ3) is 5.13. The molecule has 0 radical (unpaired) electrons. The highest BCUT2D eigenvalue weighted by atomic mass is 32.2. The molecule has 0 atom stereocenters. The van der Waals surface area contributed by atoms with E-state index in [9.17, 15) is 14.0 Å². The number of rotatable bonds is 7. The quantitative estimate of drug-likeness (QED) is 0.620. The first-order chi connectivity index (χ1) is 14.5. The molecule has 162 valence electrons. The van der Waals surface area contributed by atoms with Crippen LogP contribution in [0.25, 0.3) is 10.9 Å². The van der Waals surface area contributed by atoms with Crippen molar-refractivity contribution in [3.63, 3.8) is 0 Å². The first-order valence-corrected chi connectivity index (χ1v) is 11.6. The smallest absolute Gasteiger partial charge is 0.261 e. The SMILES string of the molecule is NC(=O)CN1CCC(SCc2nc3cc(NC4CCCC4)cc(F)c3c(=O)[nH]2)CC1. The normalized spacial score (nSPS) is 18.8. The Kier molecular flexibility index (Phi) is 6.58. The molecule has 1 aromatic heterocycles. The van der Waals surface area contributed by atoms with Gasteiger partial charge in [-0.25, -0.2) is 9.37 Å². The minimum Gasteiger partial charge on any atom is -0.382 e. The number of aromatic nitrogens is 2. The summed E-state index contributed by atoms with van der Waals surface area (Å²) in [6.45, 7) is 1.98. The number of carbonyl (C=O) groups is 1. The molecule has 2 aliphatic rings. The standard InChI is InChI=1S/C21H28FN5O2S/c22-16-9-14(24-13-3-1-2-4-13)10-17-20(16)21(29)26-19(25-17)12-30-15-5-7-27(8-6-15)11-18(23)28/h9-10,13,15,24H,1-8,11-12H2,(H2,23,28)(H,25,26,29). The summed E-state index contributed by atoms with van der Waals surface area (Å²) in [5.74, 6) is 0.290. The first-order valence-electron chi connectivity index (χ1n) is 10.6. The number of halogens is 1. The molecule has 9 heteroatoms. The fourth-order valence-electron chi connectivity index (χ4n) is 4.38. The van der Waals surface area contributed by atoms with E-state index < -0.39 is 11.4 Å². The minimum atomic E-state index is -0.539. The summed E-state index contributed by atoms with van der Waals surface area (Å²) in [5.41, 5.74) is 5.91. The Bertz CT molecular complexity index is 968. The van der Waals surface area contributed by atoms with Gasteiger partial charge in [0.2, 0.25) is 5.91 Å². The van der Waals surface area contributed by atoms with Crippen molar-refractivity contribution < 1.29 is 9.18 Å². The third-order valence-corrected chi connectivity index (χ3v) is 7.29. The summed E-state index contributed by atoms with van der Waals surface area (Å²) in [6.07, 6.45) is 6.47. The fourth-order valence-corrected chi connectivity index (χ4v) is 5.46. The van der Waals surface area contributed by atoms with Crippen molar-refractivity contribution in [3.8, 4) is 0 Å². The molecule has 2 heterocycles. The molecule has 4 rings (SSSR count). The molecule has 1 saturated carbocycles.